The first-order chi connectivity index (χ1) is 10.8. The zero-order valence-corrected chi connectivity index (χ0v) is 12.6. The van der Waals surface area contributed by atoms with Crippen molar-refractivity contribution in [3.8, 4) is 0 Å². The molecule has 2 N–H and O–H groups in total. The summed E-state index contributed by atoms with van der Waals surface area (Å²) in [5.74, 6) is -0.254. The maximum Gasteiger partial charge on any atom is 0.416 e. The minimum atomic E-state index is -4.37. The third kappa shape index (κ3) is 4.69. The predicted molar refractivity (Wildman–Crippen MR) is 81.4 cm³/mol. The Morgan fingerprint density at radius 1 is 1.30 bits per heavy atom. The number of carbonyl (C=O) groups is 1. The lowest BCUT2D eigenvalue weighted by molar-refractivity contribution is -0.137. The highest BCUT2D eigenvalue weighted by atomic mass is 19.4. The zero-order chi connectivity index (χ0) is 17.0. The third-order valence-electron chi connectivity index (χ3n) is 3.75. The predicted octanol–water partition coefficient (Wildman–Crippen LogP) is 3.16. The van der Waals surface area contributed by atoms with E-state index in [1.165, 1.54) is 18.2 Å². The molecule has 1 aromatic carbocycles. The number of aliphatic hydroxyl groups excluding tert-OH is 1. The summed E-state index contributed by atoms with van der Waals surface area (Å²) < 4.78 is 37.5. The number of hydrogen-bond acceptors (Lipinski definition) is 2. The molecule has 0 heterocycles. The van der Waals surface area contributed by atoms with Gasteiger partial charge in [0.2, 0.25) is 5.91 Å². The summed E-state index contributed by atoms with van der Waals surface area (Å²) in [6.07, 6.45) is 1.33. The van der Waals surface area contributed by atoms with E-state index >= 15 is 0 Å². The van der Waals surface area contributed by atoms with Gasteiger partial charge in [-0.25, -0.2) is 0 Å². The molecule has 0 saturated heterocycles. The lowest BCUT2D eigenvalue weighted by atomic mass is 10.0. The lowest BCUT2D eigenvalue weighted by Gasteiger charge is -2.12. The van der Waals surface area contributed by atoms with Crippen LogP contribution >= 0.6 is 0 Å². The van der Waals surface area contributed by atoms with Crippen LogP contribution in [0.5, 0.6) is 0 Å². The number of hydrogen-bond donors (Lipinski definition) is 2. The first-order valence-electron chi connectivity index (χ1n) is 7.25. The molecule has 0 aromatic heterocycles. The Labute approximate surface area is 132 Å². The van der Waals surface area contributed by atoms with Gasteiger partial charge in [0.25, 0.3) is 0 Å². The quantitative estimate of drug-likeness (QED) is 0.660. The molecule has 6 heteroatoms. The van der Waals surface area contributed by atoms with E-state index in [9.17, 15) is 18.0 Å². The molecule has 0 radical (unpaired) electrons. The Morgan fingerprint density at radius 3 is 2.48 bits per heavy atom. The van der Waals surface area contributed by atoms with Crippen molar-refractivity contribution in [3.63, 3.8) is 0 Å². The van der Waals surface area contributed by atoms with Crippen molar-refractivity contribution in [2.75, 3.05) is 6.61 Å². The second kappa shape index (κ2) is 7.00. The maximum absolute atomic E-state index is 12.5. The largest absolute Gasteiger partial charge is 0.416 e. The van der Waals surface area contributed by atoms with Crippen LogP contribution in [0.3, 0.4) is 0 Å². The van der Waals surface area contributed by atoms with E-state index in [-0.39, 0.29) is 24.5 Å². The summed E-state index contributed by atoms with van der Waals surface area (Å²) in [5, 5.41) is 11.8. The molecule has 2 rings (SSSR count). The van der Waals surface area contributed by atoms with Crippen LogP contribution in [0.1, 0.15) is 24.5 Å². The first-order valence-corrected chi connectivity index (χ1v) is 7.25. The summed E-state index contributed by atoms with van der Waals surface area (Å²) in [5.41, 5.74) is 0.421. The molecular weight excluding hydrogens is 307 g/mol. The highest BCUT2D eigenvalue weighted by molar-refractivity contribution is 5.95. The highest BCUT2D eigenvalue weighted by Gasteiger charge is 2.30. The second-order valence-corrected chi connectivity index (χ2v) is 5.58. The van der Waals surface area contributed by atoms with E-state index in [0.29, 0.717) is 17.6 Å². The van der Waals surface area contributed by atoms with Crippen LogP contribution in [0.25, 0.3) is 5.57 Å². The van der Waals surface area contributed by atoms with E-state index < -0.39 is 11.7 Å². The molecule has 1 aliphatic rings. The van der Waals surface area contributed by atoms with Gasteiger partial charge in [0.1, 0.15) is 0 Å². The summed E-state index contributed by atoms with van der Waals surface area (Å²) in [7, 11) is 0. The van der Waals surface area contributed by atoms with Crippen molar-refractivity contribution < 1.29 is 23.1 Å². The average molecular weight is 325 g/mol. The fourth-order valence-corrected chi connectivity index (χ4v) is 2.44. The molecule has 0 bridgehead atoms. The number of nitrogens with one attached hydrogen (secondary N) is 1. The van der Waals surface area contributed by atoms with Crippen LogP contribution < -0.4 is 5.32 Å². The van der Waals surface area contributed by atoms with Crippen molar-refractivity contribution in [2.24, 2.45) is 5.92 Å². The second-order valence-electron chi connectivity index (χ2n) is 5.58. The fourth-order valence-electron chi connectivity index (χ4n) is 2.44. The number of aliphatic hydroxyl groups is 1. The Kier molecular flexibility index (Phi) is 5.26. The van der Waals surface area contributed by atoms with Crippen LogP contribution in [0.15, 0.2) is 42.5 Å². The monoisotopic (exact) mass is 325 g/mol. The number of alkyl halides is 3. The van der Waals surface area contributed by atoms with Crippen molar-refractivity contribution in [3.05, 3.63) is 53.6 Å². The number of rotatable bonds is 4. The van der Waals surface area contributed by atoms with Crippen molar-refractivity contribution in [1.29, 1.82) is 0 Å². The van der Waals surface area contributed by atoms with E-state index in [2.05, 4.69) is 5.32 Å². The van der Waals surface area contributed by atoms with Crippen LogP contribution in [0, 0.1) is 5.92 Å². The van der Waals surface area contributed by atoms with Gasteiger partial charge in [-0.15, -0.1) is 0 Å². The van der Waals surface area contributed by atoms with Crippen molar-refractivity contribution in [1.82, 2.24) is 5.32 Å². The molecular formula is C17H18F3NO2. The Balaban J connectivity index is 1.99. The van der Waals surface area contributed by atoms with E-state index in [1.807, 2.05) is 12.2 Å². The number of carbonyl (C=O) groups excluding carboxylic acids is 1. The fraction of sp³-hybridized carbons (Fsp3) is 0.353. The topological polar surface area (TPSA) is 49.3 Å². The Bertz CT molecular complexity index is 618. The number of amides is 1. The van der Waals surface area contributed by atoms with E-state index in [4.69, 9.17) is 5.11 Å². The van der Waals surface area contributed by atoms with Gasteiger partial charge in [0, 0.05) is 24.6 Å². The molecule has 3 nitrogen and oxygen atoms in total. The summed E-state index contributed by atoms with van der Waals surface area (Å²) in [4.78, 5) is 11.9. The van der Waals surface area contributed by atoms with Gasteiger partial charge >= 0.3 is 6.18 Å². The van der Waals surface area contributed by atoms with Crippen LogP contribution in [0.4, 0.5) is 13.2 Å². The van der Waals surface area contributed by atoms with Crippen molar-refractivity contribution >= 4 is 11.5 Å². The summed E-state index contributed by atoms with van der Waals surface area (Å²) >= 11 is 0. The Hall–Kier alpha value is -2.08. The summed E-state index contributed by atoms with van der Waals surface area (Å²) in [6.45, 7) is 1.71. The zero-order valence-electron chi connectivity index (χ0n) is 12.6. The maximum atomic E-state index is 12.5. The molecule has 0 saturated carbocycles. The molecule has 0 fully saturated rings. The molecule has 1 aromatic rings. The first kappa shape index (κ1) is 17.3. The van der Waals surface area contributed by atoms with Gasteiger partial charge in [0.15, 0.2) is 0 Å². The normalized spacial score (nSPS) is 21.5. The van der Waals surface area contributed by atoms with Gasteiger partial charge in [0.05, 0.1) is 5.56 Å². The lowest BCUT2D eigenvalue weighted by Crippen LogP contribution is -2.31. The molecule has 23 heavy (non-hydrogen) atoms. The molecule has 1 aliphatic carbocycles. The molecule has 0 unspecified atom stereocenters. The number of allylic oxidation sites excluding steroid dienone is 1. The standard InChI is InChI=1S/C17H18F3NO2/c1-11(13-3-5-14(6-4-13)17(18,19)20)8-16(23)21-15-7-2-12(9-15)10-22/h2-8,12,15,22H,9-10H2,1H3,(H,21,23)/t12-,15+/m0/s1. The molecule has 1 amide bonds. The molecule has 0 spiro atoms. The number of benzene rings is 1. The Morgan fingerprint density at radius 2 is 1.96 bits per heavy atom. The van der Waals surface area contributed by atoms with Gasteiger partial charge in [-0.3, -0.25) is 4.79 Å². The number of halogens is 3. The van der Waals surface area contributed by atoms with Gasteiger partial charge < -0.3 is 10.4 Å². The van der Waals surface area contributed by atoms with E-state index in [0.717, 1.165) is 12.1 Å². The van der Waals surface area contributed by atoms with Crippen molar-refractivity contribution in [2.45, 2.75) is 25.6 Å². The highest BCUT2D eigenvalue weighted by Crippen LogP contribution is 2.30. The van der Waals surface area contributed by atoms with Crippen LogP contribution in [0.2, 0.25) is 0 Å². The molecule has 2 atom stereocenters. The minimum Gasteiger partial charge on any atom is -0.396 e. The van der Waals surface area contributed by atoms with Gasteiger partial charge in [-0.05, 0) is 36.6 Å². The van der Waals surface area contributed by atoms with Gasteiger partial charge in [-0.1, -0.05) is 24.3 Å². The van der Waals surface area contributed by atoms with Crippen LogP contribution in [-0.2, 0) is 11.0 Å². The third-order valence-corrected chi connectivity index (χ3v) is 3.75. The summed E-state index contributed by atoms with van der Waals surface area (Å²) in [6, 6.07) is 4.56. The molecule has 0 aliphatic heterocycles. The van der Waals surface area contributed by atoms with Gasteiger partial charge in [-0.2, -0.15) is 13.2 Å². The van der Waals surface area contributed by atoms with E-state index in [1.54, 1.807) is 6.92 Å². The average Bonchev–Trinajstić information content (AvgIpc) is 2.94. The SMILES string of the molecule is CC(=CC(=O)N[C@@H]1C=C[C@H](CO)C1)c1ccc(C(F)(F)F)cc1. The van der Waals surface area contributed by atoms with Crippen LogP contribution in [-0.4, -0.2) is 23.7 Å². The minimum absolute atomic E-state index is 0.0449. The molecule has 124 valence electrons. The smallest absolute Gasteiger partial charge is 0.396 e.